The van der Waals surface area contributed by atoms with Gasteiger partial charge in [-0.05, 0) is 40.3 Å². The highest BCUT2D eigenvalue weighted by atomic mass is 15.1. The summed E-state index contributed by atoms with van der Waals surface area (Å²) in [6.45, 7) is 6.44. The van der Waals surface area contributed by atoms with Crippen molar-refractivity contribution < 1.29 is 0 Å². The zero-order valence-corrected chi connectivity index (χ0v) is 11.0. The third-order valence-corrected chi connectivity index (χ3v) is 2.85. The smallest absolute Gasteiger partial charge is 0.152 e. The Morgan fingerprint density at radius 1 is 1.41 bits per heavy atom. The lowest BCUT2D eigenvalue weighted by Gasteiger charge is -2.20. The standard InChI is InChI=1S/C12H23N5/c1-10(2)17(3)7-5-4-6-15-12-11(13)8-14-9-16-12/h8-10H,4-7,13H2,1-3H3,(H,14,15,16). The molecule has 0 bridgehead atoms. The van der Waals surface area contributed by atoms with Gasteiger partial charge in [0.05, 0.1) is 11.9 Å². The molecule has 0 aliphatic carbocycles. The first-order valence-electron chi connectivity index (χ1n) is 6.11. The normalized spacial score (nSPS) is 11.1. The van der Waals surface area contributed by atoms with Crippen LogP contribution in [0.1, 0.15) is 26.7 Å². The Labute approximate surface area is 103 Å². The maximum Gasteiger partial charge on any atom is 0.152 e. The molecule has 3 N–H and O–H groups in total. The Balaban J connectivity index is 2.15. The molecule has 0 aliphatic heterocycles. The van der Waals surface area contributed by atoms with Crippen LogP contribution in [0.4, 0.5) is 11.5 Å². The van der Waals surface area contributed by atoms with Crippen LogP contribution in [0.15, 0.2) is 12.5 Å². The molecule has 0 saturated carbocycles. The molecule has 5 heteroatoms. The van der Waals surface area contributed by atoms with E-state index < -0.39 is 0 Å². The van der Waals surface area contributed by atoms with E-state index in [0.717, 1.165) is 25.3 Å². The number of hydrogen-bond acceptors (Lipinski definition) is 5. The predicted octanol–water partition coefficient (Wildman–Crippen LogP) is 1.59. The van der Waals surface area contributed by atoms with E-state index in [1.54, 1.807) is 6.20 Å². The van der Waals surface area contributed by atoms with E-state index in [9.17, 15) is 0 Å². The molecule has 96 valence electrons. The molecule has 0 atom stereocenters. The molecule has 0 radical (unpaired) electrons. The van der Waals surface area contributed by atoms with E-state index in [4.69, 9.17) is 5.73 Å². The molecular formula is C12H23N5. The summed E-state index contributed by atoms with van der Waals surface area (Å²) in [6, 6.07) is 0.612. The van der Waals surface area contributed by atoms with Crippen molar-refractivity contribution in [3.8, 4) is 0 Å². The zero-order valence-electron chi connectivity index (χ0n) is 11.0. The SMILES string of the molecule is CC(C)N(C)CCCCNc1ncncc1N. The average Bonchev–Trinajstić information content (AvgIpc) is 2.30. The molecule has 1 aromatic rings. The van der Waals surface area contributed by atoms with Crippen LogP contribution in [0.25, 0.3) is 0 Å². The van der Waals surface area contributed by atoms with Crippen LogP contribution in [0.3, 0.4) is 0 Å². The van der Waals surface area contributed by atoms with Crippen LogP contribution < -0.4 is 11.1 Å². The number of nitrogens with zero attached hydrogens (tertiary/aromatic N) is 3. The minimum Gasteiger partial charge on any atom is -0.394 e. The van der Waals surface area contributed by atoms with Crippen molar-refractivity contribution in [2.24, 2.45) is 0 Å². The van der Waals surface area contributed by atoms with Crippen molar-refractivity contribution in [2.75, 3.05) is 31.2 Å². The molecule has 0 unspecified atom stereocenters. The number of nitrogen functional groups attached to an aromatic ring is 1. The Kier molecular flexibility index (Phi) is 5.69. The van der Waals surface area contributed by atoms with Gasteiger partial charge in [-0.2, -0.15) is 0 Å². The van der Waals surface area contributed by atoms with Gasteiger partial charge in [0.15, 0.2) is 5.82 Å². The van der Waals surface area contributed by atoms with Crippen LogP contribution in [0, 0.1) is 0 Å². The van der Waals surface area contributed by atoms with Gasteiger partial charge in [0.25, 0.3) is 0 Å². The highest BCUT2D eigenvalue weighted by Gasteiger charge is 2.02. The van der Waals surface area contributed by atoms with Crippen molar-refractivity contribution in [1.82, 2.24) is 14.9 Å². The summed E-state index contributed by atoms with van der Waals surface area (Å²) >= 11 is 0. The minimum absolute atomic E-state index is 0.604. The van der Waals surface area contributed by atoms with Gasteiger partial charge < -0.3 is 16.0 Å². The molecule has 1 rings (SSSR count). The van der Waals surface area contributed by atoms with Crippen molar-refractivity contribution in [3.05, 3.63) is 12.5 Å². The van der Waals surface area contributed by atoms with Crippen LogP contribution in [-0.4, -0.2) is 41.0 Å². The third-order valence-electron chi connectivity index (χ3n) is 2.85. The summed E-state index contributed by atoms with van der Waals surface area (Å²) in [5, 5.41) is 3.22. The van der Waals surface area contributed by atoms with Crippen molar-refractivity contribution in [2.45, 2.75) is 32.7 Å². The van der Waals surface area contributed by atoms with Crippen molar-refractivity contribution in [3.63, 3.8) is 0 Å². The maximum atomic E-state index is 5.73. The third kappa shape index (κ3) is 4.99. The van der Waals surface area contributed by atoms with Crippen LogP contribution >= 0.6 is 0 Å². The fourth-order valence-corrected chi connectivity index (χ4v) is 1.44. The quantitative estimate of drug-likeness (QED) is 0.705. The number of nitrogens with two attached hydrogens (primary N) is 1. The Hall–Kier alpha value is -1.36. The first kappa shape index (κ1) is 13.7. The van der Waals surface area contributed by atoms with Crippen LogP contribution in [0.2, 0.25) is 0 Å². The first-order valence-corrected chi connectivity index (χ1v) is 6.11. The predicted molar refractivity (Wildman–Crippen MR) is 71.9 cm³/mol. The second-order valence-electron chi connectivity index (χ2n) is 4.53. The second-order valence-corrected chi connectivity index (χ2v) is 4.53. The molecule has 0 spiro atoms. The summed E-state index contributed by atoms with van der Waals surface area (Å²) in [7, 11) is 2.15. The van der Waals surface area contributed by atoms with Crippen LogP contribution in [0.5, 0.6) is 0 Å². The van der Waals surface area contributed by atoms with E-state index in [-0.39, 0.29) is 0 Å². The largest absolute Gasteiger partial charge is 0.394 e. The van der Waals surface area contributed by atoms with E-state index in [2.05, 4.69) is 41.1 Å². The highest BCUT2D eigenvalue weighted by molar-refractivity contribution is 5.58. The second kappa shape index (κ2) is 7.06. The molecule has 1 heterocycles. The van der Waals surface area contributed by atoms with E-state index >= 15 is 0 Å². The Morgan fingerprint density at radius 2 is 2.18 bits per heavy atom. The van der Waals surface area contributed by atoms with Gasteiger partial charge in [-0.1, -0.05) is 0 Å². The molecule has 0 amide bonds. The van der Waals surface area contributed by atoms with Crippen LogP contribution in [-0.2, 0) is 0 Å². The number of rotatable bonds is 7. The highest BCUT2D eigenvalue weighted by Crippen LogP contribution is 2.11. The van der Waals surface area contributed by atoms with Crippen molar-refractivity contribution in [1.29, 1.82) is 0 Å². The van der Waals surface area contributed by atoms with E-state index in [0.29, 0.717) is 11.7 Å². The van der Waals surface area contributed by atoms with E-state index in [1.165, 1.54) is 12.7 Å². The monoisotopic (exact) mass is 237 g/mol. The molecular weight excluding hydrogens is 214 g/mol. The van der Waals surface area contributed by atoms with Crippen molar-refractivity contribution >= 4 is 11.5 Å². The molecule has 5 nitrogen and oxygen atoms in total. The lowest BCUT2D eigenvalue weighted by atomic mass is 10.2. The molecule has 0 fully saturated rings. The summed E-state index contributed by atoms with van der Waals surface area (Å²) in [6.07, 6.45) is 5.40. The Bertz CT molecular complexity index is 326. The summed E-state index contributed by atoms with van der Waals surface area (Å²) in [4.78, 5) is 10.3. The first-order chi connectivity index (χ1) is 8.11. The van der Waals surface area contributed by atoms with Gasteiger partial charge in [0, 0.05) is 12.6 Å². The summed E-state index contributed by atoms with van der Waals surface area (Å²) in [5.74, 6) is 0.734. The Morgan fingerprint density at radius 3 is 2.82 bits per heavy atom. The topological polar surface area (TPSA) is 67.1 Å². The van der Waals surface area contributed by atoms with Gasteiger partial charge in [-0.25, -0.2) is 9.97 Å². The number of unbranched alkanes of at least 4 members (excludes halogenated alkanes) is 1. The molecule has 0 aromatic carbocycles. The van der Waals surface area contributed by atoms with Gasteiger partial charge in [-0.15, -0.1) is 0 Å². The number of nitrogens with one attached hydrogen (secondary N) is 1. The average molecular weight is 237 g/mol. The number of aromatic nitrogens is 2. The lowest BCUT2D eigenvalue weighted by molar-refractivity contribution is 0.269. The molecule has 0 saturated heterocycles. The number of anilines is 2. The molecule has 0 aliphatic rings. The molecule has 17 heavy (non-hydrogen) atoms. The lowest BCUT2D eigenvalue weighted by Crippen LogP contribution is -2.27. The zero-order chi connectivity index (χ0) is 12.7. The summed E-state index contributed by atoms with van der Waals surface area (Å²) < 4.78 is 0. The number of hydrogen-bond donors (Lipinski definition) is 2. The summed E-state index contributed by atoms with van der Waals surface area (Å²) in [5.41, 5.74) is 6.33. The minimum atomic E-state index is 0.604. The van der Waals surface area contributed by atoms with Gasteiger partial charge >= 0.3 is 0 Å². The van der Waals surface area contributed by atoms with Gasteiger partial charge in [0.2, 0.25) is 0 Å². The fourth-order valence-electron chi connectivity index (χ4n) is 1.44. The van der Waals surface area contributed by atoms with Gasteiger partial charge in [-0.3, -0.25) is 0 Å². The van der Waals surface area contributed by atoms with E-state index in [1.807, 2.05) is 0 Å². The van der Waals surface area contributed by atoms with Gasteiger partial charge in [0.1, 0.15) is 6.33 Å². The fraction of sp³-hybridized carbons (Fsp3) is 0.667. The maximum absolute atomic E-state index is 5.73. The molecule has 1 aromatic heterocycles.